The highest BCUT2D eigenvalue weighted by atomic mass is 32.2. The summed E-state index contributed by atoms with van der Waals surface area (Å²) in [6, 6.07) is 69.1. The first-order chi connectivity index (χ1) is 28.0. The van der Waals surface area contributed by atoms with Gasteiger partial charge in [0.25, 0.3) is 0 Å². The second-order valence-corrected chi connectivity index (χ2v) is 17.3. The van der Waals surface area contributed by atoms with Gasteiger partial charge in [0.1, 0.15) is 17.2 Å². The van der Waals surface area contributed by atoms with Crippen molar-refractivity contribution in [1.82, 2.24) is 0 Å². The van der Waals surface area contributed by atoms with Crippen molar-refractivity contribution in [3.8, 4) is 28.4 Å². The molecule has 8 aromatic carbocycles. The molecular formula is C52H42O2S3. The fraction of sp³-hybridized carbons (Fsp3) is 0.0769. The number of ether oxygens (including phenoxy) is 2. The van der Waals surface area contributed by atoms with Crippen LogP contribution in [0, 0.1) is 6.92 Å². The first-order valence-electron chi connectivity index (χ1n) is 19.0. The molecule has 8 rings (SSSR count). The Hall–Kier alpha value is -5.59. The highest BCUT2D eigenvalue weighted by Gasteiger charge is 2.06. The molecular weight excluding hydrogens is 753 g/mol. The van der Waals surface area contributed by atoms with Crippen molar-refractivity contribution in [3.05, 3.63) is 222 Å². The molecule has 0 saturated carbocycles. The highest BCUT2D eigenvalue weighted by Crippen LogP contribution is 2.34. The number of aryl methyl sites for hydroxylation is 1. The van der Waals surface area contributed by atoms with Gasteiger partial charge in [-0.2, -0.15) is 0 Å². The average Bonchev–Trinajstić information content (AvgIpc) is 3.25. The topological polar surface area (TPSA) is 18.5 Å². The van der Waals surface area contributed by atoms with Crippen LogP contribution < -0.4 is 9.47 Å². The summed E-state index contributed by atoms with van der Waals surface area (Å²) in [5.41, 5.74) is 8.96. The SMILES string of the molecule is COc1ccc(Sc2ccc(Oc3ccc(Cc4ccc(Sc5ccc(-c6ccc(Sc7ccc(Cc8ccc(C)cc8)cc7)cc6)cc5)cc4)cc3)cc2)cc1. The molecule has 0 aliphatic carbocycles. The Morgan fingerprint density at radius 3 is 0.930 bits per heavy atom. The summed E-state index contributed by atoms with van der Waals surface area (Å²) in [7, 11) is 1.68. The molecule has 57 heavy (non-hydrogen) atoms. The molecule has 0 spiro atoms. The predicted octanol–water partition coefficient (Wildman–Crippen LogP) is 15.1. The van der Waals surface area contributed by atoms with E-state index in [1.165, 1.54) is 63.4 Å². The van der Waals surface area contributed by atoms with E-state index in [9.17, 15) is 0 Å². The van der Waals surface area contributed by atoms with Crippen LogP contribution in [-0.4, -0.2) is 7.11 Å². The lowest BCUT2D eigenvalue weighted by atomic mass is 10.0. The second-order valence-electron chi connectivity index (χ2n) is 13.9. The second kappa shape index (κ2) is 18.6. The molecule has 0 N–H and O–H groups in total. The lowest BCUT2D eigenvalue weighted by Crippen LogP contribution is -1.89. The fourth-order valence-corrected chi connectivity index (χ4v) is 8.85. The third kappa shape index (κ3) is 10.8. The van der Waals surface area contributed by atoms with Gasteiger partial charge in [-0.25, -0.2) is 0 Å². The molecule has 0 aliphatic heterocycles. The molecule has 0 fully saturated rings. The summed E-state index contributed by atoms with van der Waals surface area (Å²) < 4.78 is 11.4. The molecule has 2 nitrogen and oxygen atoms in total. The maximum atomic E-state index is 6.14. The Balaban J connectivity index is 0.791. The zero-order valence-electron chi connectivity index (χ0n) is 31.9. The Morgan fingerprint density at radius 1 is 0.316 bits per heavy atom. The largest absolute Gasteiger partial charge is 0.497 e. The summed E-state index contributed by atoms with van der Waals surface area (Å²) in [6.45, 7) is 2.13. The number of hydrogen-bond acceptors (Lipinski definition) is 5. The summed E-state index contributed by atoms with van der Waals surface area (Å²) in [4.78, 5) is 7.28. The van der Waals surface area contributed by atoms with Crippen molar-refractivity contribution < 1.29 is 9.47 Å². The fourth-order valence-electron chi connectivity index (χ4n) is 6.40. The highest BCUT2D eigenvalue weighted by molar-refractivity contribution is 7.99. The van der Waals surface area contributed by atoms with Crippen LogP contribution in [0.4, 0.5) is 0 Å². The van der Waals surface area contributed by atoms with E-state index < -0.39 is 0 Å². The molecule has 280 valence electrons. The summed E-state index contributed by atoms with van der Waals surface area (Å²) in [5, 5.41) is 0. The quantitative estimate of drug-likeness (QED) is 0.109. The van der Waals surface area contributed by atoms with Gasteiger partial charge in [-0.15, -0.1) is 0 Å². The third-order valence-electron chi connectivity index (χ3n) is 9.58. The molecule has 0 aromatic heterocycles. The number of methoxy groups -OCH3 is 1. The minimum atomic E-state index is 0.820. The van der Waals surface area contributed by atoms with Crippen molar-refractivity contribution in [2.45, 2.75) is 49.1 Å². The van der Waals surface area contributed by atoms with E-state index in [0.29, 0.717) is 0 Å². The standard InChI is InChI=1S/C52H42O2S3/c1-37-3-5-38(6-4-37)35-40-9-23-47(24-10-40)55-49-27-13-42(14-28-49)43-15-29-50(30-16-43)56-48-25-11-41(12-26-48)36-39-7-17-45(18-8-39)54-46-21-33-52(34-22-46)57-51-31-19-44(53-2)20-32-51/h3-34H,35-36H2,1-2H3. The zero-order chi connectivity index (χ0) is 38.8. The van der Waals surface area contributed by atoms with Gasteiger partial charge in [0, 0.05) is 29.4 Å². The van der Waals surface area contributed by atoms with E-state index in [1.54, 1.807) is 42.4 Å². The monoisotopic (exact) mass is 794 g/mol. The summed E-state index contributed by atoms with van der Waals surface area (Å²) in [6.07, 6.45) is 1.83. The van der Waals surface area contributed by atoms with E-state index in [-0.39, 0.29) is 0 Å². The van der Waals surface area contributed by atoms with Crippen LogP contribution >= 0.6 is 35.3 Å². The number of rotatable bonds is 14. The molecule has 0 bridgehead atoms. The zero-order valence-corrected chi connectivity index (χ0v) is 34.4. The van der Waals surface area contributed by atoms with Gasteiger partial charge in [0.2, 0.25) is 0 Å². The number of hydrogen-bond donors (Lipinski definition) is 0. The molecule has 8 aromatic rings. The summed E-state index contributed by atoms with van der Waals surface area (Å²) >= 11 is 5.31. The lowest BCUT2D eigenvalue weighted by molar-refractivity contribution is 0.414. The van der Waals surface area contributed by atoms with Gasteiger partial charge in [0.15, 0.2) is 0 Å². The van der Waals surface area contributed by atoms with Crippen LogP contribution in [0.15, 0.2) is 223 Å². The van der Waals surface area contributed by atoms with Crippen LogP contribution in [0.1, 0.15) is 27.8 Å². The molecule has 0 aliphatic rings. The van der Waals surface area contributed by atoms with E-state index >= 15 is 0 Å². The Morgan fingerprint density at radius 2 is 0.579 bits per heavy atom. The smallest absolute Gasteiger partial charge is 0.127 e. The predicted molar refractivity (Wildman–Crippen MR) is 240 cm³/mol. The van der Waals surface area contributed by atoms with Crippen molar-refractivity contribution >= 4 is 35.3 Å². The van der Waals surface area contributed by atoms with Gasteiger partial charge in [-0.1, -0.05) is 126 Å². The molecule has 0 atom stereocenters. The Labute approximate surface area is 349 Å². The van der Waals surface area contributed by atoms with Gasteiger partial charge in [-0.3, -0.25) is 0 Å². The third-order valence-corrected chi connectivity index (χ3v) is 12.6. The van der Waals surface area contributed by atoms with Crippen molar-refractivity contribution in [3.63, 3.8) is 0 Å². The number of benzene rings is 8. The van der Waals surface area contributed by atoms with Crippen LogP contribution in [0.2, 0.25) is 0 Å². The lowest BCUT2D eigenvalue weighted by Gasteiger charge is -2.09. The Bertz CT molecular complexity index is 2480. The van der Waals surface area contributed by atoms with Gasteiger partial charge in [0.05, 0.1) is 7.11 Å². The average molecular weight is 795 g/mol. The molecule has 0 amide bonds. The van der Waals surface area contributed by atoms with Crippen LogP contribution in [0.25, 0.3) is 11.1 Å². The van der Waals surface area contributed by atoms with E-state index in [4.69, 9.17) is 9.47 Å². The normalized spacial score (nSPS) is 11.0. The van der Waals surface area contributed by atoms with Gasteiger partial charge in [-0.05, 0) is 162 Å². The van der Waals surface area contributed by atoms with Crippen LogP contribution in [0.3, 0.4) is 0 Å². The van der Waals surface area contributed by atoms with E-state index in [1.807, 2.05) is 36.4 Å². The molecule has 0 saturated heterocycles. The molecule has 0 unspecified atom stereocenters. The van der Waals surface area contributed by atoms with Crippen molar-refractivity contribution in [2.75, 3.05) is 7.11 Å². The maximum Gasteiger partial charge on any atom is 0.127 e. The van der Waals surface area contributed by atoms with Crippen molar-refractivity contribution in [1.29, 1.82) is 0 Å². The first-order valence-corrected chi connectivity index (χ1v) is 21.4. The minimum absolute atomic E-state index is 0.820. The first kappa shape index (κ1) is 38.3. The van der Waals surface area contributed by atoms with Crippen LogP contribution in [0.5, 0.6) is 17.2 Å². The van der Waals surface area contributed by atoms with Gasteiger partial charge < -0.3 is 9.47 Å². The minimum Gasteiger partial charge on any atom is -0.497 e. The van der Waals surface area contributed by atoms with Crippen LogP contribution in [-0.2, 0) is 12.8 Å². The Kier molecular flexibility index (Phi) is 12.5. The summed E-state index contributed by atoms with van der Waals surface area (Å²) in [5.74, 6) is 2.51. The van der Waals surface area contributed by atoms with Gasteiger partial charge >= 0.3 is 0 Å². The molecule has 0 radical (unpaired) electrons. The molecule has 0 heterocycles. The maximum absolute atomic E-state index is 6.14. The molecule has 5 heteroatoms. The van der Waals surface area contributed by atoms with Crippen molar-refractivity contribution in [2.24, 2.45) is 0 Å². The van der Waals surface area contributed by atoms with E-state index in [2.05, 4.69) is 165 Å². The van der Waals surface area contributed by atoms with E-state index in [0.717, 1.165) is 35.0 Å².